The first-order valence-corrected chi connectivity index (χ1v) is 9.01. The Labute approximate surface area is 158 Å². The molecular formula is C21H24N2O4. The van der Waals surface area contributed by atoms with Gasteiger partial charge in [0, 0.05) is 25.7 Å². The molecule has 1 amide bonds. The highest BCUT2D eigenvalue weighted by Gasteiger charge is 2.38. The van der Waals surface area contributed by atoms with Crippen molar-refractivity contribution in [2.24, 2.45) is 0 Å². The lowest BCUT2D eigenvalue weighted by molar-refractivity contribution is -0.146. The number of aliphatic hydroxyl groups is 1. The fourth-order valence-corrected chi connectivity index (χ4v) is 3.69. The maximum atomic E-state index is 12.0. The Balaban J connectivity index is 1.80. The highest BCUT2D eigenvalue weighted by atomic mass is 16.4. The van der Waals surface area contributed by atoms with E-state index in [1.165, 1.54) is 0 Å². The lowest BCUT2D eigenvalue weighted by Gasteiger charge is -2.41. The van der Waals surface area contributed by atoms with E-state index in [9.17, 15) is 19.8 Å². The minimum absolute atomic E-state index is 0.252. The first-order valence-electron chi connectivity index (χ1n) is 9.01. The van der Waals surface area contributed by atoms with Crippen LogP contribution in [0, 0.1) is 0 Å². The van der Waals surface area contributed by atoms with Gasteiger partial charge in [-0.25, -0.2) is 0 Å². The van der Waals surface area contributed by atoms with E-state index < -0.39 is 17.6 Å². The Morgan fingerprint density at radius 1 is 1.07 bits per heavy atom. The number of carboxylic acids is 1. The first kappa shape index (κ1) is 19.1. The van der Waals surface area contributed by atoms with Gasteiger partial charge in [0.05, 0.1) is 5.60 Å². The molecule has 0 spiro atoms. The van der Waals surface area contributed by atoms with E-state index >= 15 is 0 Å². The summed E-state index contributed by atoms with van der Waals surface area (Å²) in [6.07, 6.45) is 0.909. The van der Waals surface area contributed by atoms with Crippen molar-refractivity contribution in [1.82, 2.24) is 10.2 Å². The van der Waals surface area contributed by atoms with Crippen LogP contribution in [0.15, 0.2) is 54.6 Å². The Hall–Kier alpha value is -2.70. The standard InChI is InChI=1S/C21H24N2O4/c1-22-19(24)16-7-5-6-15(14-16)18(20(25)26)23-12-10-21(27,11-13-23)17-8-3-2-4-9-17/h2-9,14,18,27H,10-13H2,1H3,(H,22,24)(H,25,26). The van der Waals surface area contributed by atoms with E-state index in [1.54, 1.807) is 31.3 Å². The van der Waals surface area contributed by atoms with Crippen molar-refractivity contribution in [3.8, 4) is 0 Å². The van der Waals surface area contributed by atoms with Gasteiger partial charge in [-0.2, -0.15) is 0 Å². The molecule has 6 heteroatoms. The van der Waals surface area contributed by atoms with Gasteiger partial charge < -0.3 is 15.5 Å². The molecule has 0 aromatic heterocycles. The molecule has 2 aromatic carbocycles. The molecule has 1 atom stereocenters. The van der Waals surface area contributed by atoms with Gasteiger partial charge >= 0.3 is 5.97 Å². The van der Waals surface area contributed by atoms with Crippen molar-refractivity contribution in [1.29, 1.82) is 0 Å². The average molecular weight is 368 g/mol. The number of hydrogen-bond donors (Lipinski definition) is 3. The third-order valence-electron chi connectivity index (χ3n) is 5.23. The molecule has 0 aliphatic carbocycles. The largest absolute Gasteiger partial charge is 0.480 e. The van der Waals surface area contributed by atoms with Crippen molar-refractivity contribution >= 4 is 11.9 Å². The van der Waals surface area contributed by atoms with Crippen LogP contribution in [0.25, 0.3) is 0 Å². The lowest BCUT2D eigenvalue weighted by atomic mass is 9.83. The SMILES string of the molecule is CNC(=O)c1cccc(C(C(=O)O)N2CCC(O)(c3ccccc3)CC2)c1. The first-order chi connectivity index (χ1) is 12.9. The summed E-state index contributed by atoms with van der Waals surface area (Å²) in [7, 11) is 1.54. The number of nitrogens with zero attached hydrogens (tertiary/aromatic N) is 1. The summed E-state index contributed by atoms with van der Waals surface area (Å²) in [5, 5.41) is 23.3. The number of carbonyl (C=O) groups is 2. The summed E-state index contributed by atoms with van der Waals surface area (Å²) in [5.41, 5.74) is 0.913. The van der Waals surface area contributed by atoms with E-state index in [4.69, 9.17) is 0 Å². The van der Waals surface area contributed by atoms with Crippen molar-refractivity contribution in [3.63, 3.8) is 0 Å². The summed E-state index contributed by atoms with van der Waals surface area (Å²) in [6.45, 7) is 0.902. The zero-order chi connectivity index (χ0) is 19.4. The predicted molar refractivity (Wildman–Crippen MR) is 101 cm³/mol. The maximum absolute atomic E-state index is 12.0. The minimum Gasteiger partial charge on any atom is -0.480 e. The summed E-state index contributed by atoms with van der Waals surface area (Å²) in [5.74, 6) is -1.22. The van der Waals surface area contributed by atoms with Crippen LogP contribution in [0.3, 0.4) is 0 Å². The highest BCUT2D eigenvalue weighted by molar-refractivity contribution is 5.94. The molecule has 0 saturated carbocycles. The van der Waals surface area contributed by atoms with Gasteiger partial charge in [-0.1, -0.05) is 42.5 Å². The smallest absolute Gasteiger partial charge is 0.325 e. The fourth-order valence-electron chi connectivity index (χ4n) is 3.69. The number of piperidine rings is 1. The number of carbonyl (C=O) groups excluding carboxylic acids is 1. The molecule has 1 unspecified atom stereocenters. The van der Waals surface area contributed by atoms with Crippen LogP contribution in [-0.2, 0) is 10.4 Å². The number of carboxylic acid groups (broad SMARTS) is 1. The third kappa shape index (κ3) is 4.02. The third-order valence-corrected chi connectivity index (χ3v) is 5.23. The molecule has 0 bridgehead atoms. The number of amides is 1. The summed E-state index contributed by atoms with van der Waals surface area (Å²) in [4.78, 5) is 25.7. The molecule has 0 radical (unpaired) electrons. The van der Waals surface area contributed by atoms with Crippen molar-refractivity contribution in [2.45, 2.75) is 24.5 Å². The molecule has 3 rings (SSSR count). The topological polar surface area (TPSA) is 89.9 Å². The molecular weight excluding hydrogens is 344 g/mol. The molecule has 1 saturated heterocycles. The molecule has 1 heterocycles. The number of hydrogen-bond acceptors (Lipinski definition) is 4. The van der Waals surface area contributed by atoms with Gasteiger partial charge in [-0.3, -0.25) is 14.5 Å². The Kier molecular flexibility index (Phi) is 5.58. The summed E-state index contributed by atoms with van der Waals surface area (Å²) in [6, 6.07) is 15.3. The Bertz CT molecular complexity index is 814. The second-order valence-electron chi connectivity index (χ2n) is 6.88. The Morgan fingerprint density at radius 3 is 2.33 bits per heavy atom. The number of nitrogens with one attached hydrogen (secondary N) is 1. The van der Waals surface area contributed by atoms with E-state index in [1.807, 2.05) is 35.2 Å². The highest BCUT2D eigenvalue weighted by Crippen LogP contribution is 2.36. The van der Waals surface area contributed by atoms with Crippen LogP contribution in [-0.4, -0.2) is 47.1 Å². The molecule has 27 heavy (non-hydrogen) atoms. The number of rotatable bonds is 5. The number of aliphatic carboxylic acids is 1. The van der Waals surface area contributed by atoms with E-state index in [0.29, 0.717) is 37.1 Å². The van der Waals surface area contributed by atoms with Crippen molar-refractivity contribution in [2.75, 3.05) is 20.1 Å². The normalized spacial score (nSPS) is 17.9. The molecule has 2 aromatic rings. The van der Waals surface area contributed by atoms with Gasteiger partial charge in [-0.15, -0.1) is 0 Å². The van der Waals surface area contributed by atoms with Gasteiger partial charge in [-0.05, 0) is 36.1 Å². The van der Waals surface area contributed by atoms with E-state index in [2.05, 4.69) is 5.32 Å². The zero-order valence-electron chi connectivity index (χ0n) is 15.3. The number of likely N-dealkylation sites (tertiary alicyclic amines) is 1. The second-order valence-corrected chi connectivity index (χ2v) is 6.88. The molecule has 1 fully saturated rings. The second kappa shape index (κ2) is 7.90. The van der Waals surface area contributed by atoms with Crippen molar-refractivity contribution in [3.05, 3.63) is 71.3 Å². The lowest BCUT2D eigenvalue weighted by Crippen LogP contribution is -2.46. The van der Waals surface area contributed by atoms with Crippen LogP contribution in [0.4, 0.5) is 0 Å². The Morgan fingerprint density at radius 2 is 1.74 bits per heavy atom. The molecule has 6 nitrogen and oxygen atoms in total. The fraction of sp³-hybridized carbons (Fsp3) is 0.333. The average Bonchev–Trinajstić information content (AvgIpc) is 2.70. The molecule has 142 valence electrons. The van der Waals surface area contributed by atoms with E-state index in [0.717, 1.165) is 5.56 Å². The number of benzene rings is 2. The molecule has 1 aliphatic rings. The van der Waals surface area contributed by atoms with Crippen LogP contribution < -0.4 is 5.32 Å². The van der Waals surface area contributed by atoms with Gasteiger partial charge in [0.15, 0.2) is 0 Å². The van der Waals surface area contributed by atoms with Crippen LogP contribution >= 0.6 is 0 Å². The summed E-state index contributed by atoms with van der Waals surface area (Å²) >= 11 is 0. The molecule has 3 N–H and O–H groups in total. The van der Waals surface area contributed by atoms with Gasteiger partial charge in [0.1, 0.15) is 6.04 Å². The van der Waals surface area contributed by atoms with Crippen molar-refractivity contribution < 1.29 is 19.8 Å². The monoisotopic (exact) mass is 368 g/mol. The minimum atomic E-state index is -0.964. The molecule has 1 aliphatic heterocycles. The summed E-state index contributed by atoms with van der Waals surface area (Å²) < 4.78 is 0. The van der Waals surface area contributed by atoms with Crippen LogP contribution in [0.2, 0.25) is 0 Å². The van der Waals surface area contributed by atoms with Gasteiger partial charge in [0.2, 0.25) is 0 Å². The predicted octanol–water partition coefficient (Wildman–Crippen LogP) is 2.16. The van der Waals surface area contributed by atoms with Crippen LogP contribution in [0.5, 0.6) is 0 Å². The maximum Gasteiger partial charge on any atom is 0.325 e. The zero-order valence-corrected chi connectivity index (χ0v) is 15.3. The van der Waals surface area contributed by atoms with E-state index in [-0.39, 0.29) is 5.91 Å². The van der Waals surface area contributed by atoms with Crippen LogP contribution in [0.1, 0.15) is 40.4 Å². The quantitative estimate of drug-likeness (QED) is 0.752. The van der Waals surface area contributed by atoms with Gasteiger partial charge in [0.25, 0.3) is 5.91 Å².